The molecule has 11 heteroatoms. The predicted octanol–water partition coefficient (Wildman–Crippen LogP) is 5.32. The van der Waals surface area contributed by atoms with Crippen molar-refractivity contribution >= 4 is 23.4 Å². The Kier molecular flexibility index (Phi) is 9.12. The maximum atomic E-state index is 15.3. The van der Waals surface area contributed by atoms with Gasteiger partial charge in [0.05, 0.1) is 19.5 Å². The van der Waals surface area contributed by atoms with Crippen LogP contribution in [-0.2, 0) is 22.7 Å². The minimum atomic E-state index is -3.29. The number of benzene rings is 2. The first-order chi connectivity index (χ1) is 21.0. The van der Waals surface area contributed by atoms with Crippen LogP contribution < -0.4 is 14.4 Å². The van der Waals surface area contributed by atoms with Gasteiger partial charge in [0.2, 0.25) is 24.0 Å². The monoisotopic (exact) mass is 607 g/mol. The van der Waals surface area contributed by atoms with Crippen LogP contribution in [0.15, 0.2) is 72.8 Å². The summed E-state index contributed by atoms with van der Waals surface area (Å²) in [4.78, 5) is 33.0. The Labute approximate surface area is 255 Å². The summed E-state index contributed by atoms with van der Waals surface area (Å²) in [6, 6.07) is 22.6. The number of likely N-dealkylation sites (tertiary alicyclic amines) is 1. The van der Waals surface area contributed by atoms with E-state index in [0.717, 1.165) is 16.0 Å². The van der Waals surface area contributed by atoms with Crippen LogP contribution in [0.25, 0.3) is 0 Å². The molecule has 0 spiro atoms. The van der Waals surface area contributed by atoms with Crippen LogP contribution in [0, 0.1) is 0 Å². The number of nitrogens with zero attached hydrogens (tertiary/aromatic N) is 4. The highest BCUT2D eigenvalue weighted by atomic mass is 19.3. The van der Waals surface area contributed by atoms with Crippen molar-refractivity contribution in [3.05, 3.63) is 83.9 Å². The molecule has 0 saturated carbocycles. The number of carbonyl (C=O) groups is 2. The van der Waals surface area contributed by atoms with Gasteiger partial charge in [-0.05, 0) is 38.0 Å². The molecule has 5 rings (SSSR count). The molecule has 3 aromatic rings. The maximum absolute atomic E-state index is 15.3. The zero-order valence-corrected chi connectivity index (χ0v) is 25.2. The SMILES string of the molecule is CC(C)(C)OC(=O)N1CC/C(=[N+]2/CCN(c3ccc(OCc4ccccc4)nc3OCc3ccccc3)C(=O)C2)C(F)(F)C1. The van der Waals surface area contributed by atoms with Crippen molar-refractivity contribution in [2.75, 3.05) is 37.6 Å². The number of aromatic nitrogens is 1. The van der Waals surface area contributed by atoms with Gasteiger partial charge in [-0.2, -0.15) is 13.8 Å². The van der Waals surface area contributed by atoms with E-state index in [1.165, 1.54) is 9.48 Å². The van der Waals surface area contributed by atoms with E-state index in [9.17, 15) is 9.59 Å². The Hall–Kier alpha value is -4.54. The van der Waals surface area contributed by atoms with Crippen LogP contribution in [0.1, 0.15) is 38.3 Å². The molecular formula is C33H37F2N4O5+. The van der Waals surface area contributed by atoms with Gasteiger partial charge in [0.25, 0.3) is 5.91 Å². The summed E-state index contributed by atoms with van der Waals surface area (Å²) in [5, 5.41) is 0. The summed E-state index contributed by atoms with van der Waals surface area (Å²) in [6.45, 7) is 4.99. The van der Waals surface area contributed by atoms with Gasteiger partial charge in [0.15, 0.2) is 6.54 Å². The molecule has 2 saturated heterocycles. The Balaban J connectivity index is 1.32. The van der Waals surface area contributed by atoms with E-state index in [1.807, 2.05) is 60.7 Å². The molecule has 232 valence electrons. The molecule has 0 unspecified atom stereocenters. The average Bonchev–Trinajstić information content (AvgIpc) is 2.99. The molecule has 2 amide bonds. The van der Waals surface area contributed by atoms with Gasteiger partial charge >= 0.3 is 12.0 Å². The third-order valence-electron chi connectivity index (χ3n) is 7.24. The molecule has 9 nitrogen and oxygen atoms in total. The quantitative estimate of drug-likeness (QED) is 0.339. The van der Waals surface area contributed by atoms with Gasteiger partial charge in [-0.3, -0.25) is 9.69 Å². The third kappa shape index (κ3) is 7.69. The van der Waals surface area contributed by atoms with Crippen molar-refractivity contribution in [2.24, 2.45) is 0 Å². The summed E-state index contributed by atoms with van der Waals surface area (Å²) < 4.78 is 49.3. The molecule has 2 aliphatic rings. The number of carbonyl (C=O) groups excluding carboxylic acids is 2. The van der Waals surface area contributed by atoms with Crippen molar-refractivity contribution in [2.45, 2.75) is 51.9 Å². The number of hydrogen-bond donors (Lipinski definition) is 0. The summed E-state index contributed by atoms with van der Waals surface area (Å²) in [5.41, 5.74) is 1.40. The molecule has 44 heavy (non-hydrogen) atoms. The fraction of sp³-hybridized carbons (Fsp3) is 0.394. The lowest BCUT2D eigenvalue weighted by Gasteiger charge is -2.35. The zero-order valence-electron chi connectivity index (χ0n) is 25.2. The number of piperazine rings is 1. The molecule has 0 bridgehead atoms. The number of rotatable bonds is 7. The van der Waals surface area contributed by atoms with E-state index in [-0.39, 0.29) is 56.7 Å². The molecule has 3 heterocycles. The molecule has 0 aliphatic carbocycles. The number of hydrogen-bond acceptors (Lipinski definition) is 6. The highest BCUT2D eigenvalue weighted by Gasteiger charge is 2.50. The molecule has 0 N–H and O–H groups in total. The molecule has 2 aliphatic heterocycles. The first-order valence-corrected chi connectivity index (χ1v) is 14.6. The first kappa shape index (κ1) is 30.9. The zero-order chi connectivity index (χ0) is 31.3. The first-order valence-electron chi connectivity index (χ1n) is 14.6. The maximum Gasteiger partial charge on any atom is 0.410 e. The van der Waals surface area contributed by atoms with Crippen LogP contribution >= 0.6 is 0 Å². The number of pyridine rings is 1. The van der Waals surface area contributed by atoms with Crippen LogP contribution in [-0.4, -0.2) is 76.4 Å². The Morgan fingerprint density at radius 1 is 0.932 bits per heavy atom. The number of alkyl halides is 2. The van der Waals surface area contributed by atoms with Crippen LogP contribution in [0.4, 0.5) is 19.3 Å². The van der Waals surface area contributed by atoms with E-state index in [4.69, 9.17) is 14.2 Å². The lowest BCUT2D eigenvalue weighted by molar-refractivity contribution is -0.525. The number of anilines is 1. The highest BCUT2D eigenvalue weighted by Crippen LogP contribution is 2.32. The normalized spacial score (nSPS) is 18.6. The van der Waals surface area contributed by atoms with Gasteiger partial charge in [-0.25, -0.2) is 9.37 Å². The number of amides is 2. The average molecular weight is 608 g/mol. The van der Waals surface area contributed by atoms with E-state index in [0.29, 0.717) is 18.2 Å². The largest absolute Gasteiger partial charge is 0.473 e. The Morgan fingerprint density at radius 2 is 1.57 bits per heavy atom. The van der Waals surface area contributed by atoms with E-state index in [1.54, 1.807) is 32.9 Å². The second-order valence-corrected chi connectivity index (χ2v) is 11.8. The standard InChI is InChI=1S/C33H37F2N4O5/c1-32(2,3)44-31(41)38-17-16-27(33(34,35)23-38)37-18-19-39(29(40)20-37)26-14-15-28(42-21-24-10-6-4-7-11-24)36-30(26)43-22-25-12-8-5-9-13-25/h4-15H,16-23H2,1-3H3/q+1/b37-27+. The van der Waals surface area contributed by atoms with Crippen molar-refractivity contribution in [3.63, 3.8) is 0 Å². The van der Waals surface area contributed by atoms with Crippen LogP contribution in [0.3, 0.4) is 0 Å². The third-order valence-corrected chi connectivity index (χ3v) is 7.24. The fourth-order valence-corrected chi connectivity index (χ4v) is 5.13. The second-order valence-electron chi connectivity index (χ2n) is 11.8. The fourth-order valence-electron chi connectivity index (χ4n) is 5.13. The van der Waals surface area contributed by atoms with Gasteiger partial charge in [-0.1, -0.05) is 60.7 Å². The number of halogens is 2. The van der Waals surface area contributed by atoms with Gasteiger partial charge in [-0.15, -0.1) is 0 Å². The van der Waals surface area contributed by atoms with Gasteiger partial charge in [0, 0.05) is 12.6 Å². The Morgan fingerprint density at radius 3 is 2.16 bits per heavy atom. The van der Waals surface area contributed by atoms with E-state index in [2.05, 4.69) is 4.98 Å². The lowest BCUT2D eigenvalue weighted by Crippen LogP contribution is -2.57. The summed E-state index contributed by atoms with van der Waals surface area (Å²) >= 11 is 0. The highest BCUT2D eigenvalue weighted by molar-refractivity contribution is 5.97. The topological polar surface area (TPSA) is 84.2 Å². The van der Waals surface area contributed by atoms with E-state index < -0.39 is 24.2 Å². The van der Waals surface area contributed by atoms with Crippen molar-refractivity contribution in [1.29, 1.82) is 0 Å². The summed E-state index contributed by atoms with van der Waals surface area (Å²) in [6.07, 6.45) is -0.830. The summed E-state index contributed by atoms with van der Waals surface area (Å²) in [5.74, 6) is -3.11. The molecular weight excluding hydrogens is 570 g/mol. The van der Waals surface area contributed by atoms with Gasteiger partial charge < -0.3 is 19.1 Å². The minimum Gasteiger partial charge on any atom is -0.473 e. The number of ether oxygens (including phenoxy) is 3. The second kappa shape index (κ2) is 13.0. The summed E-state index contributed by atoms with van der Waals surface area (Å²) in [7, 11) is 0. The molecule has 0 atom stereocenters. The van der Waals surface area contributed by atoms with Crippen molar-refractivity contribution in [3.8, 4) is 11.8 Å². The smallest absolute Gasteiger partial charge is 0.410 e. The number of piperidine rings is 1. The predicted molar refractivity (Wildman–Crippen MR) is 161 cm³/mol. The molecule has 0 radical (unpaired) electrons. The van der Waals surface area contributed by atoms with Gasteiger partial charge in [0.1, 0.15) is 24.5 Å². The van der Waals surface area contributed by atoms with Crippen molar-refractivity contribution in [1.82, 2.24) is 9.88 Å². The molecule has 1 aromatic heterocycles. The molecule has 2 fully saturated rings. The van der Waals surface area contributed by atoms with Crippen LogP contribution in [0.5, 0.6) is 11.8 Å². The van der Waals surface area contributed by atoms with Crippen molar-refractivity contribution < 1.29 is 37.2 Å². The lowest BCUT2D eigenvalue weighted by atomic mass is 10.0. The van der Waals surface area contributed by atoms with Crippen LogP contribution in [0.2, 0.25) is 0 Å². The Bertz CT molecular complexity index is 1510. The minimum absolute atomic E-state index is 0.0556. The van der Waals surface area contributed by atoms with E-state index >= 15 is 8.78 Å². The molecule has 2 aromatic carbocycles.